The second-order valence-electron chi connectivity index (χ2n) is 6.63. The van der Waals surface area contributed by atoms with Crippen molar-refractivity contribution in [2.24, 2.45) is 5.41 Å². The molecular weight excluding hydrogens is 330 g/mol. The Morgan fingerprint density at radius 2 is 2.00 bits per heavy atom. The molecular formula is C16H20BrN3O. The van der Waals surface area contributed by atoms with Crippen molar-refractivity contribution in [2.75, 3.05) is 5.73 Å². The molecule has 0 unspecified atom stereocenters. The molecule has 0 saturated heterocycles. The fourth-order valence-corrected chi connectivity index (χ4v) is 3.10. The standard InChI is InChI=1S/C16H20BrN3O/c1-16(2)7-5-10(6-8-16)14-19-15(21-20-14)11-3-4-12(17)13(18)9-11/h3-4,9-10H,5-8,18H2,1-2H3. The van der Waals surface area contributed by atoms with Crippen LogP contribution >= 0.6 is 15.9 Å². The van der Waals surface area contributed by atoms with Crippen molar-refractivity contribution in [3.05, 3.63) is 28.5 Å². The van der Waals surface area contributed by atoms with Crippen LogP contribution < -0.4 is 5.73 Å². The molecule has 1 aromatic carbocycles. The van der Waals surface area contributed by atoms with Crippen molar-refractivity contribution in [3.8, 4) is 11.5 Å². The van der Waals surface area contributed by atoms with Crippen LogP contribution in [0.25, 0.3) is 11.5 Å². The number of hydrogen-bond acceptors (Lipinski definition) is 4. The molecule has 1 heterocycles. The fraction of sp³-hybridized carbons (Fsp3) is 0.500. The Bertz CT molecular complexity index is 641. The Labute approximate surface area is 133 Å². The quantitative estimate of drug-likeness (QED) is 0.793. The van der Waals surface area contributed by atoms with Crippen LogP contribution in [0.3, 0.4) is 0 Å². The van der Waals surface area contributed by atoms with Gasteiger partial charge < -0.3 is 10.3 Å². The number of rotatable bonds is 2. The summed E-state index contributed by atoms with van der Waals surface area (Å²) < 4.78 is 6.29. The van der Waals surface area contributed by atoms with Gasteiger partial charge in [0.2, 0.25) is 0 Å². The van der Waals surface area contributed by atoms with Crippen LogP contribution in [0.2, 0.25) is 0 Å². The van der Waals surface area contributed by atoms with Gasteiger partial charge in [-0.05, 0) is 65.2 Å². The van der Waals surface area contributed by atoms with E-state index in [0.717, 1.165) is 28.7 Å². The minimum absolute atomic E-state index is 0.420. The second kappa shape index (κ2) is 5.44. The monoisotopic (exact) mass is 349 g/mol. The Balaban J connectivity index is 1.79. The highest BCUT2D eigenvalue weighted by atomic mass is 79.9. The van der Waals surface area contributed by atoms with Gasteiger partial charge in [-0.2, -0.15) is 4.98 Å². The zero-order valence-electron chi connectivity index (χ0n) is 12.4. The van der Waals surface area contributed by atoms with Crippen LogP contribution in [0.4, 0.5) is 5.69 Å². The molecule has 1 fully saturated rings. The molecule has 112 valence electrons. The van der Waals surface area contributed by atoms with Gasteiger partial charge in [0.1, 0.15) is 0 Å². The number of nitrogens with zero attached hydrogens (tertiary/aromatic N) is 2. The maximum atomic E-state index is 5.90. The molecule has 21 heavy (non-hydrogen) atoms. The molecule has 0 atom stereocenters. The maximum Gasteiger partial charge on any atom is 0.258 e. The zero-order chi connectivity index (χ0) is 15.0. The van der Waals surface area contributed by atoms with Crippen molar-refractivity contribution in [2.45, 2.75) is 45.4 Å². The topological polar surface area (TPSA) is 64.9 Å². The van der Waals surface area contributed by atoms with Crippen LogP contribution in [0.1, 0.15) is 51.3 Å². The molecule has 0 amide bonds. The molecule has 5 heteroatoms. The molecule has 4 nitrogen and oxygen atoms in total. The fourth-order valence-electron chi connectivity index (χ4n) is 2.85. The number of hydrogen-bond donors (Lipinski definition) is 1. The lowest BCUT2D eigenvalue weighted by atomic mass is 9.73. The average molecular weight is 350 g/mol. The summed E-state index contributed by atoms with van der Waals surface area (Å²) in [5, 5.41) is 4.18. The van der Waals surface area contributed by atoms with Crippen LogP contribution in [0, 0.1) is 5.41 Å². The van der Waals surface area contributed by atoms with Crippen LogP contribution in [0.15, 0.2) is 27.2 Å². The van der Waals surface area contributed by atoms with E-state index >= 15 is 0 Å². The van der Waals surface area contributed by atoms with Gasteiger partial charge in [0.15, 0.2) is 5.82 Å². The van der Waals surface area contributed by atoms with Gasteiger partial charge in [-0.15, -0.1) is 0 Å². The predicted octanol–water partition coefficient (Wildman–Crippen LogP) is 4.77. The lowest BCUT2D eigenvalue weighted by Gasteiger charge is -2.32. The summed E-state index contributed by atoms with van der Waals surface area (Å²) in [6.07, 6.45) is 4.70. The lowest BCUT2D eigenvalue weighted by molar-refractivity contribution is 0.218. The summed E-state index contributed by atoms with van der Waals surface area (Å²) in [5.74, 6) is 1.80. The first-order chi connectivity index (χ1) is 9.94. The van der Waals surface area contributed by atoms with Gasteiger partial charge >= 0.3 is 0 Å². The number of nitrogen functional groups attached to an aromatic ring is 1. The third kappa shape index (κ3) is 3.12. The normalized spacial score (nSPS) is 18.8. The van der Waals surface area contributed by atoms with Crippen LogP contribution in [-0.4, -0.2) is 10.1 Å². The number of aromatic nitrogens is 2. The molecule has 2 aromatic rings. The molecule has 0 aliphatic heterocycles. The summed E-state index contributed by atoms with van der Waals surface area (Å²) in [4.78, 5) is 4.57. The van der Waals surface area contributed by atoms with Gasteiger partial charge in [-0.25, -0.2) is 0 Å². The third-order valence-corrected chi connectivity index (χ3v) is 5.11. The summed E-state index contributed by atoms with van der Waals surface area (Å²) in [7, 11) is 0. The van der Waals surface area contributed by atoms with Gasteiger partial charge in [0.05, 0.1) is 0 Å². The molecule has 1 aliphatic rings. The molecule has 1 aliphatic carbocycles. The molecule has 1 aromatic heterocycles. The summed E-state index contributed by atoms with van der Waals surface area (Å²) in [5.41, 5.74) is 7.89. The summed E-state index contributed by atoms with van der Waals surface area (Å²) >= 11 is 3.39. The Hall–Kier alpha value is -1.36. The number of halogens is 1. The smallest absolute Gasteiger partial charge is 0.258 e. The van der Waals surface area contributed by atoms with Crippen molar-refractivity contribution in [1.82, 2.24) is 10.1 Å². The Kier molecular flexibility index (Phi) is 3.78. The SMILES string of the molecule is CC1(C)CCC(c2noc(-c3ccc(Br)c(N)c3)n2)CC1. The first kappa shape index (κ1) is 14.6. The maximum absolute atomic E-state index is 5.90. The van der Waals surface area contributed by atoms with Gasteiger partial charge in [0, 0.05) is 21.6 Å². The van der Waals surface area contributed by atoms with E-state index in [1.165, 1.54) is 12.8 Å². The lowest BCUT2D eigenvalue weighted by Crippen LogP contribution is -2.20. The number of benzene rings is 1. The summed E-state index contributed by atoms with van der Waals surface area (Å²) in [6, 6.07) is 5.69. The van der Waals surface area contributed by atoms with Crippen molar-refractivity contribution in [3.63, 3.8) is 0 Å². The van der Waals surface area contributed by atoms with Crippen molar-refractivity contribution >= 4 is 21.6 Å². The van der Waals surface area contributed by atoms with E-state index in [0.29, 0.717) is 22.9 Å². The van der Waals surface area contributed by atoms with Gasteiger partial charge in [-0.3, -0.25) is 0 Å². The average Bonchev–Trinajstić information content (AvgIpc) is 2.91. The molecule has 3 rings (SSSR count). The zero-order valence-corrected chi connectivity index (χ0v) is 14.0. The number of anilines is 1. The Morgan fingerprint density at radius 3 is 2.67 bits per heavy atom. The van der Waals surface area contributed by atoms with E-state index in [-0.39, 0.29) is 0 Å². The van der Waals surface area contributed by atoms with Gasteiger partial charge in [0.25, 0.3) is 5.89 Å². The van der Waals surface area contributed by atoms with Crippen molar-refractivity contribution < 1.29 is 4.52 Å². The van der Waals surface area contributed by atoms with E-state index in [2.05, 4.69) is 39.9 Å². The van der Waals surface area contributed by atoms with E-state index in [9.17, 15) is 0 Å². The predicted molar refractivity (Wildman–Crippen MR) is 86.8 cm³/mol. The molecule has 0 spiro atoms. The Morgan fingerprint density at radius 1 is 1.29 bits per heavy atom. The van der Waals surface area contributed by atoms with E-state index in [1.807, 2.05) is 18.2 Å². The highest BCUT2D eigenvalue weighted by molar-refractivity contribution is 9.10. The molecule has 0 radical (unpaired) electrons. The van der Waals surface area contributed by atoms with Crippen LogP contribution in [0.5, 0.6) is 0 Å². The third-order valence-electron chi connectivity index (χ3n) is 4.39. The van der Waals surface area contributed by atoms with Crippen molar-refractivity contribution in [1.29, 1.82) is 0 Å². The van der Waals surface area contributed by atoms with Gasteiger partial charge in [-0.1, -0.05) is 19.0 Å². The largest absolute Gasteiger partial charge is 0.398 e. The van der Waals surface area contributed by atoms with E-state index in [1.54, 1.807) is 0 Å². The van der Waals surface area contributed by atoms with Crippen LogP contribution in [-0.2, 0) is 0 Å². The minimum Gasteiger partial charge on any atom is -0.398 e. The van der Waals surface area contributed by atoms with E-state index < -0.39 is 0 Å². The molecule has 1 saturated carbocycles. The molecule has 2 N–H and O–H groups in total. The summed E-state index contributed by atoms with van der Waals surface area (Å²) in [6.45, 7) is 4.66. The highest BCUT2D eigenvalue weighted by Crippen LogP contribution is 2.41. The second-order valence-corrected chi connectivity index (χ2v) is 7.49. The van der Waals surface area contributed by atoms with E-state index in [4.69, 9.17) is 10.3 Å². The first-order valence-corrected chi connectivity index (χ1v) is 8.13. The highest BCUT2D eigenvalue weighted by Gasteiger charge is 2.30. The first-order valence-electron chi connectivity index (χ1n) is 7.34. The minimum atomic E-state index is 0.420. The molecule has 0 bridgehead atoms. The number of nitrogens with two attached hydrogens (primary N) is 1.